The molecule has 3 aromatic rings. The lowest BCUT2D eigenvalue weighted by Gasteiger charge is -2.16. The molecule has 11 heteroatoms. The Labute approximate surface area is 171 Å². The highest BCUT2D eigenvalue weighted by atomic mass is 32.2. The van der Waals surface area contributed by atoms with Gasteiger partial charge in [0.2, 0.25) is 15.9 Å². The van der Waals surface area contributed by atoms with Crippen LogP contribution >= 0.6 is 11.8 Å². The van der Waals surface area contributed by atoms with Crippen molar-refractivity contribution >= 4 is 45.0 Å². The number of benzene rings is 2. The number of primary sulfonamides is 1. The topological polar surface area (TPSA) is 167 Å². The van der Waals surface area contributed by atoms with Gasteiger partial charge in [0.1, 0.15) is 16.9 Å². The van der Waals surface area contributed by atoms with Gasteiger partial charge >= 0.3 is 0 Å². The molecule has 0 aliphatic carbocycles. The monoisotopic (exact) mass is 430 g/mol. The van der Waals surface area contributed by atoms with Gasteiger partial charge in [-0.2, -0.15) is 0 Å². The highest BCUT2D eigenvalue weighted by molar-refractivity contribution is 8.00. The summed E-state index contributed by atoms with van der Waals surface area (Å²) < 4.78 is 22.7. The fourth-order valence-corrected chi connectivity index (χ4v) is 3.96. The minimum absolute atomic E-state index is 0.0480. The van der Waals surface area contributed by atoms with Gasteiger partial charge in [0.05, 0.1) is 4.90 Å². The van der Waals surface area contributed by atoms with Gasteiger partial charge in [0, 0.05) is 11.8 Å². The van der Waals surface area contributed by atoms with Gasteiger partial charge in [0.15, 0.2) is 5.16 Å². The quantitative estimate of drug-likeness (QED) is 0.339. The Balaban J connectivity index is 1.86. The Bertz CT molecular complexity index is 1100. The first-order chi connectivity index (χ1) is 13.7. The number of anilines is 3. The van der Waals surface area contributed by atoms with E-state index in [2.05, 4.69) is 15.3 Å². The number of sulfonamides is 1. The van der Waals surface area contributed by atoms with Crippen LogP contribution in [0.2, 0.25) is 0 Å². The number of nitrogens with zero attached hydrogens (tertiary/aromatic N) is 2. The average Bonchev–Trinajstić information content (AvgIpc) is 2.65. The molecule has 150 valence electrons. The van der Waals surface area contributed by atoms with Crippen LogP contribution in [0.5, 0.6) is 0 Å². The molecule has 0 aliphatic rings. The number of carbonyl (C=O) groups excluding carboxylic acids is 1. The number of thioether (sulfide) groups is 1. The number of nitrogen functional groups attached to an aromatic ring is 2. The molecule has 1 unspecified atom stereocenters. The second-order valence-corrected chi connectivity index (χ2v) is 8.60. The molecule has 2 aromatic carbocycles. The minimum atomic E-state index is -3.81. The van der Waals surface area contributed by atoms with Gasteiger partial charge in [-0.15, -0.1) is 0 Å². The summed E-state index contributed by atoms with van der Waals surface area (Å²) in [5, 5.41) is 7.41. The highest BCUT2D eigenvalue weighted by Crippen LogP contribution is 2.35. The minimum Gasteiger partial charge on any atom is -0.383 e. The summed E-state index contributed by atoms with van der Waals surface area (Å²) >= 11 is 1.09. The molecule has 0 saturated heterocycles. The maximum absolute atomic E-state index is 13.0. The SMILES string of the molecule is Nc1cc(N)nc(SC(C(=O)Nc2ccc(S(N)(=O)=O)cc2)c2ccccc2)n1. The van der Waals surface area contributed by atoms with Crippen molar-refractivity contribution in [3.63, 3.8) is 0 Å². The summed E-state index contributed by atoms with van der Waals surface area (Å²) in [6.07, 6.45) is 0. The number of nitrogens with two attached hydrogens (primary N) is 3. The Morgan fingerprint density at radius 2 is 1.55 bits per heavy atom. The summed E-state index contributed by atoms with van der Waals surface area (Å²) in [6, 6.07) is 16.0. The molecule has 0 fully saturated rings. The first-order valence-electron chi connectivity index (χ1n) is 8.28. The second-order valence-electron chi connectivity index (χ2n) is 5.97. The zero-order chi connectivity index (χ0) is 21.0. The highest BCUT2D eigenvalue weighted by Gasteiger charge is 2.24. The van der Waals surface area contributed by atoms with E-state index in [1.54, 1.807) is 12.1 Å². The van der Waals surface area contributed by atoms with E-state index >= 15 is 0 Å². The van der Waals surface area contributed by atoms with E-state index in [4.69, 9.17) is 16.6 Å². The van der Waals surface area contributed by atoms with Crippen LogP contribution in [0.1, 0.15) is 10.8 Å². The van der Waals surface area contributed by atoms with Gasteiger partial charge in [0.25, 0.3) is 0 Å². The zero-order valence-electron chi connectivity index (χ0n) is 15.0. The maximum Gasteiger partial charge on any atom is 0.242 e. The van der Waals surface area contributed by atoms with Crippen molar-refractivity contribution in [1.29, 1.82) is 0 Å². The zero-order valence-corrected chi connectivity index (χ0v) is 16.7. The summed E-state index contributed by atoms with van der Waals surface area (Å²) in [7, 11) is -3.81. The Morgan fingerprint density at radius 3 is 2.10 bits per heavy atom. The summed E-state index contributed by atoms with van der Waals surface area (Å²) in [5.41, 5.74) is 12.6. The number of aromatic nitrogens is 2. The lowest BCUT2D eigenvalue weighted by atomic mass is 10.1. The normalized spacial score (nSPS) is 12.3. The van der Waals surface area contributed by atoms with E-state index in [-0.39, 0.29) is 27.6 Å². The van der Waals surface area contributed by atoms with E-state index in [1.807, 2.05) is 18.2 Å². The van der Waals surface area contributed by atoms with Crippen molar-refractivity contribution in [1.82, 2.24) is 9.97 Å². The van der Waals surface area contributed by atoms with E-state index in [0.29, 0.717) is 5.69 Å². The number of hydrogen-bond acceptors (Lipinski definition) is 8. The number of amides is 1. The van der Waals surface area contributed by atoms with E-state index in [0.717, 1.165) is 17.3 Å². The van der Waals surface area contributed by atoms with Crippen molar-refractivity contribution in [3.05, 3.63) is 66.2 Å². The van der Waals surface area contributed by atoms with Crippen LogP contribution in [-0.2, 0) is 14.8 Å². The first kappa shape index (κ1) is 20.6. The van der Waals surface area contributed by atoms with Crippen LogP contribution in [-0.4, -0.2) is 24.3 Å². The van der Waals surface area contributed by atoms with Crippen LogP contribution in [0.3, 0.4) is 0 Å². The molecule has 0 spiro atoms. The van der Waals surface area contributed by atoms with E-state index in [9.17, 15) is 13.2 Å². The van der Waals surface area contributed by atoms with Crippen LogP contribution in [0, 0.1) is 0 Å². The Kier molecular flexibility index (Phi) is 6.01. The van der Waals surface area contributed by atoms with Crippen molar-refractivity contribution in [2.45, 2.75) is 15.3 Å². The van der Waals surface area contributed by atoms with Crippen molar-refractivity contribution in [2.75, 3.05) is 16.8 Å². The molecule has 0 bridgehead atoms. The van der Waals surface area contributed by atoms with Crippen LogP contribution in [0.25, 0.3) is 0 Å². The molecule has 9 nitrogen and oxygen atoms in total. The molecule has 1 amide bonds. The molecule has 0 saturated carbocycles. The molecule has 29 heavy (non-hydrogen) atoms. The number of rotatable bonds is 6. The third-order valence-corrected chi connectivity index (χ3v) is 5.80. The standard InChI is InChI=1S/C18H18N6O3S2/c19-14-10-15(20)24-18(23-14)28-16(11-4-2-1-3-5-11)17(25)22-12-6-8-13(9-7-12)29(21,26)27/h1-10,16H,(H,22,25)(H2,21,26,27)(H4,19,20,23,24). The van der Waals surface area contributed by atoms with Crippen LogP contribution < -0.4 is 21.9 Å². The fraction of sp³-hybridized carbons (Fsp3) is 0.0556. The van der Waals surface area contributed by atoms with Gasteiger partial charge in [-0.3, -0.25) is 4.79 Å². The number of nitrogens with one attached hydrogen (secondary N) is 1. The van der Waals surface area contributed by atoms with Gasteiger partial charge in [-0.05, 0) is 29.8 Å². The predicted molar refractivity (Wildman–Crippen MR) is 112 cm³/mol. The molecule has 1 aromatic heterocycles. The summed E-state index contributed by atoms with van der Waals surface area (Å²) in [6.45, 7) is 0. The molecule has 3 rings (SSSR count). The summed E-state index contributed by atoms with van der Waals surface area (Å²) in [4.78, 5) is 21.2. The molecular formula is C18H18N6O3S2. The molecule has 1 atom stereocenters. The van der Waals surface area contributed by atoms with E-state index in [1.165, 1.54) is 30.3 Å². The second kappa shape index (κ2) is 8.47. The maximum atomic E-state index is 13.0. The smallest absolute Gasteiger partial charge is 0.242 e. The fourth-order valence-electron chi connectivity index (χ4n) is 2.46. The van der Waals surface area contributed by atoms with Gasteiger partial charge in [-0.25, -0.2) is 23.5 Å². The third-order valence-electron chi connectivity index (χ3n) is 3.76. The van der Waals surface area contributed by atoms with E-state index < -0.39 is 15.3 Å². The predicted octanol–water partition coefficient (Wildman–Crippen LogP) is 1.76. The average molecular weight is 431 g/mol. The summed E-state index contributed by atoms with van der Waals surface area (Å²) in [5.74, 6) is 0.0470. The van der Waals surface area contributed by atoms with Gasteiger partial charge in [-0.1, -0.05) is 42.1 Å². The van der Waals surface area contributed by atoms with Crippen LogP contribution in [0.4, 0.5) is 17.3 Å². The third kappa shape index (κ3) is 5.44. The first-order valence-corrected chi connectivity index (χ1v) is 10.7. The van der Waals surface area contributed by atoms with Crippen molar-refractivity contribution in [3.8, 4) is 0 Å². The lowest BCUT2D eigenvalue weighted by molar-refractivity contribution is -0.115. The largest absolute Gasteiger partial charge is 0.383 e. The van der Waals surface area contributed by atoms with Gasteiger partial charge < -0.3 is 16.8 Å². The lowest BCUT2D eigenvalue weighted by Crippen LogP contribution is -2.19. The molecule has 1 heterocycles. The number of carbonyl (C=O) groups is 1. The molecule has 0 aliphatic heterocycles. The number of hydrogen-bond donors (Lipinski definition) is 4. The Morgan fingerprint density at radius 1 is 0.966 bits per heavy atom. The van der Waals surface area contributed by atoms with Crippen molar-refractivity contribution in [2.24, 2.45) is 5.14 Å². The molecule has 7 N–H and O–H groups in total. The Hall–Kier alpha value is -3.15. The molecule has 0 radical (unpaired) electrons. The van der Waals surface area contributed by atoms with Crippen molar-refractivity contribution < 1.29 is 13.2 Å². The van der Waals surface area contributed by atoms with Crippen LogP contribution in [0.15, 0.2) is 70.7 Å². The molecular weight excluding hydrogens is 412 g/mol.